The van der Waals surface area contributed by atoms with Crippen LogP contribution in [0.5, 0.6) is 0 Å². The molecule has 0 spiro atoms. The number of para-hydroxylation sites is 1. The zero-order chi connectivity index (χ0) is 15.0. The summed E-state index contributed by atoms with van der Waals surface area (Å²) in [5.74, 6) is -0.0237. The number of furan rings is 1. The number of rotatable bonds is 2. The van der Waals surface area contributed by atoms with E-state index in [2.05, 4.69) is 5.32 Å². The summed E-state index contributed by atoms with van der Waals surface area (Å²) in [6.07, 6.45) is 0. The van der Waals surface area contributed by atoms with Gasteiger partial charge in [0.1, 0.15) is 5.58 Å². The van der Waals surface area contributed by atoms with Gasteiger partial charge in [0.05, 0.1) is 10.0 Å². The fourth-order valence-corrected chi connectivity index (χ4v) is 2.45. The van der Waals surface area contributed by atoms with Crippen LogP contribution in [0, 0.1) is 6.92 Å². The van der Waals surface area contributed by atoms with Crippen LogP contribution < -0.4 is 5.32 Å². The number of carbonyl (C=O) groups is 1. The zero-order valence-corrected chi connectivity index (χ0v) is 12.6. The van der Waals surface area contributed by atoms with Crippen LogP contribution in [-0.2, 0) is 0 Å². The summed E-state index contributed by atoms with van der Waals surface area (Å²) in [6.45, 7) is 1.86. The highest BCUT2D eigenvalue weighted by molar-refractivity contribution is 6.42. The molecule has 0 radical (unpaired) electrons. The molecule has 0 saturated heterocycles. The Labute approximate surface area is 131 Å². The Balaban J connectivity index is 1.93. The minimum atomic E-state index is -0.318. The molecule has 0 aliphatic carbocycles. The van der Waals surface area contributed by atoms with Crippen molar-refractivity contribution < 1.29 is 9.21 Å². The number of nitrogens with one attached hydrogen (secondary N) is 1. The molecule has 1 heterocycles. The Bertz CT molecular complexity index is 839. The number of amides is 1. The van der Waals surface area contributed by atoms with Crippen molar-refractivity contribution in [2.75, 3.05) is 5.32 Å². The van der Waals surface area contributed by atoms with Crippen LogP contribution in [0.25, 0.3) is 11.0 Å². The Morgan fingerprint density at radius 3 is 2.57 bits per heavy atom. The maximum absolute atomic E-state index is 12.3. The second kappa shape index (κ2) is 5.43. The SMILES string of the molecule is Cc1c(C(=O)Nc2ccc(Cl)c(Cl)c2)oc2ccccc12. The summed E-state index contributed by atoms with van der Waals surface area (Å²) in [6, 6.07) is 12.4. The molecule has 106 valence electrons. The van der Waals surface area contributed by atoms with Gasteiger partial charge in [-0.2, -0.15) is 0 Å². The van der Waals surface area contributed by atoms with Crippen LogP contribution in [0.4, 0.5) is 5.69 Å². The Kier molecular flexibility index (Phi) is 3.62. The highest BCUT2D eigenvalue weighted by atomic mass is 35.5. The minimum Gasteiger partial charge on any atom is -0.451 e. The third-order valence-corrected chi connectivity index (χ3v) is 3.97. The van der Waals surface area contributed by atoms with Gasteiger partial charge in [0, 0.05) is 16.6 Å². The quantitative estimate of drug-likeness (QED) is 0.696. The van der Waals surface area contributed by atoms with Crippen molar-refractivity contribution in [3.05, 3.63) is 63.8 Å². The number of hydrogen-bond donors (Lipinski definition) is 1. The van der Waals surface area contributed by atoms with E-state index >= 15 is 0 Å². The third kappa shape index (κ3) is 2.62. The van der Waals surface area contributed by atoms with Gasteiger partial charge in [-0.15, -0.1) is 0 Å². The lowest BCUT2D eigenvalue weighted by Crippen LogP contribution is -2.12. The van der Waals surface area contributed by atoms with Crippen molar-refractivity contribution in [3.63, 3.8) is 0 Å². The largest absolute Gasteiger partial charge is 0.451 e. The van der Waals surface area contributed by atoms with Crippen LogP contribution in [0.3, 0.4) is 0 Å². The van der Waals surface area contributed by atoms with Gasteiger partial charge in [-0.1, -0.05) is 41.4 Å². The fourth-order valence-electron chi connectivity index (χ4n) is 2.15. The number of carbonyl (C=O) groups excluding carboxylic acids is 1. The van der Waals surface area contributed by atoms with E-state index < -0.39 is 0 Å². The van der Waals surface area contributed by atoms with E-state index in [0.29, 0.717) is 27.1 Å². The summed E-state index contributed by atoms with van der Waals surface area (Å²) < 4.78 is 5.62. The second-order valence-corrected chi connectivity index (χ2v) is 5.45. The van der Waals surface area contributed by atoms with E-state index in [1.54, 1.807) is 18.2 Å². The smallest absolute Gasteiger partial charge is 0.291 e. The van der Waals surface area contributed by atoms with Crippen molar-refractivity contribution >= 4 is 45.8 Å². The molecule has 0 aliphatic heterocycles. The van der Waals surface area contributed by atoms with Crippen molar-refractivity contribution in [1.82, 2.24) is 0 Å². The molecule has 0 aliphatic rings. The molecule has 1 amide bonds. The average molecular weight is 320 g/mol. The molecule has 0 fully saturated rings. The maximum atomic E-state index is 12.3. The highest BCUT2D eigenvalue weighted by Gasteiger charge is 2.17. The lowest BCUT2D eigenvalue weighted by atomic mass is 10.1. The number of benzene rings is 2. The number of aryl methyl sites for hydroxylation is 1. The maximum Gasteiger partial charge on any atom is 0.291 e. The molecule has 5 heteroatoms. The van der Waals surface area contributed by atoms with Gasteiger partial charge < -0.3 is 9.73 Å². The van der Waals surface area contributed by atoms with Crippen LogP contribution >= 0.6 is 23.2 Å². The summed E-state index contributed by atoms with van der Waals surface area (Å²) in [4.78, 5) is 12.3. The van der Waals surface area contributed by atoms with E-state index in [4.69, 9.17) is 27.6 Å². The molecule has 0 unspecified atom stereocenters. The number of halogens is 2. The molecule has 3 nitrogen and oxygen atoms in total. The first kappa shape index (κ1) is 14.0. The molecule has 3 aromatic rings. The van der Waals surface area contributed by atoms with Crippen molar-refractivity contribution in [2.24, 2.45) is 0 Å². The molecular weight excluding hydrogens is 309 g/mol. The Morgan fingerprint density at radius 2 is 1.86 bits per heavy atom. The van der Waals surface area contributed by atoms with E-state index in [1.807, 2.05) is 31.2 Å². The highest BCUT2D eigenvalue weighted by Crippen LogP contribution is 2.28. The normalized spacial score (nSPS) is 10.8. The van der Waals surface area contributed by atoms with Gasteiger partial charge in [0.15, 0.2) is 5.76 Å². The molecule has 0 bridgehead atoms. The Morgan fingerprint density at radius 1 is 1.10 bits per heavy atom. The zero-order valence-electron chi connectivity index (χ0n) is 11.1. The first-order valence-electron chi connectivity index (χ1n) is 6.31. The molecule has 21 heavy (non-hydrogen) atoms. The van der Waals surface area contributed by atoms with Crippen molar-refractivity contribution in [1.29, 1.82) is 0 Å². The summed E-state index contributed by atoms with van der Waals surface area (Å²) in [7, 11) is 0. The molecule has 0 atom stereocenters. The molecule has 3 rings (SSSR count). The van der Waals surface area contributed by atoms with Crippen LogP contribution in [-0.4, -0.2) is 5.91 Å². The number of fused-ring (bicyclic) bond motifs is 1. The second-order valence-electron chi connectivity index (χ2n) is 4.64. The van der Waals surface area contributed by atoms with Gasteiger partial charge in [0.25, 0.3) is 5.91 Å². The molecule has 0 saturated carbocycles. The summed E-state index contributed by atoms with van der Waals surface area (Å²) in [5, 5.41) is 4.50. The number of hydrogen-bond acceptors (Lipinski definition) is 2. The molecular formula is C16H11Cl2NO2. The lowest BCUT2D eigenvalue weighted by molar-refractivity contribution is 0.0998. The van der Waals surface area contributed by atoms with E-state index in [9.17, 15) is 4.79 Å². The van der Waals surface area contributed by atoms with Crippen LogP contribution in [0.15, 0.2) is 46.9 Å². The monoisotopic (exact) mass is 319 g/mol. The Hall–Kier alpha value is -1.97. The van der Waals surface area contributed by atoms with E-state index in [0.717, 1.165) is 10.9 Å². The molecule has 1 N–H and O–H groups in total. The van der Waals surface area contributed by atoms with Gasteiger partial charge >= 0.3 is 0 Å². The minimum absolute atomic E-state index is 0.294. The number of anilines is 1. The first-order chi connectivity index (χ1) is 10.1. The lowest BCUT2D eigenvalue weighted by Gasteiger charge is -2.05. The van der Waals surface area contributed by atoms with Crippen LogP contribution in [0.1, 0.15) is 16.1 Å². The van der Waals surface area contributed by atoms with Crippen molar-refractivity contribution in [3.8, 4) is 0 Å². The predicted molar refractivity (Wildman–Crippen MR) is 85.4 cm³/mol. The molecule has 1 aromatic heterocycles. The van der Waals surface area contributed by atoms with Crippen LogP contribution in [0.2, 0.25) is 10.0 Å². The topological polar surface area (TPSA) is 42.2 Å². The third-order valence-electron chi connectivity index (χ3n) is 3.23. The first-order valence-corrected chi connectivity index (χ1v) is 7.06. The average Bonchev–Trinajstić information content (AvgIpc) is 2.81. The van der Waals surface area contributed by atoms with E-state index in [1.165, 1.54) is 0 Å². The fraction of sp³-hybridized carbons (Fsp3) is 0.0625. The summed E-state index contributed by atoms with van der Waals surface area (Å²) in [5.41, 5.74) is 2.06. The van der Waals surface area contributed by atoms with Crippen molar-refractivity contribution in [2.45, 2.75) is 6.92 Å². The van der Waals surface area contributed by atoms with Gasteiger partial charge in [-0.3, -0.25) is 4.79 Å². The predicted octanol–water partition coefficient (Wildman–Crippen LogP) is 5.30. The van der Waals surface area contributed by atoms with Gasteiger partial charge in [0.2, 0.25) is 0 Å². The molecule has 2 aromatic carbocycles. The van der Waals surface area contributed by atoms with Gasteiger partial charge in [-0.05, 0) is 31.2 Å². The summed E-state index contributed by atoms with van der Waals surface area (Å²) >= 11 is 11.8. The van der Waals surface area contributed by atoms with E-state index in [-0.39, 0.29) is 5.91 Å². The van der Waals surface area contributed by atoms with Gasteiger partial charge in [-0.25, -0.2) is 0 Å². The standard InChI is InChI=1S/C16H11Cl2NO2/c1-9-11-4-2-3-5-14(11)21-15(9)16(20)19-10-6-7-12(17)13(18)8-10/h2-8H,1H3,(H,19,20).